The van der Waals surface area contributed by atoms with E-state index in [1.165, 1.54) is 44.1 Å². The molecule has 0 spiro atoms. The zero-order valence-corrected chi connectivity index (χ0v) is 47.1. The van der Waals surface area contributed by atoms with Gasteiger partial charge in [0.05, 0.1) is 24.7 Å². The van der Waals surface area contributed by atoms with Gasteiger partial charge in [0.1, 0.15) is 0 Å². The van der Waals surface area contributed by atoms with E-state index in [1.807, 2.05) is 12.2 Å². The molecular weight excluding hydrogens is 927 g/mol. The van der Waals surface area contributed by atoms with Gasteiger partial charge >= 0.3 is 0 Å². The molecule has 416 valence electrons. The van der Waals surface area contributed by atoms with Crippen molar-refractivity contribution >= 4 is 17.7 Å². The summed E-state index contributed by atoms with van der Waals surface area (Å²) in [5.41, 5.74) is 7.10. The van der Waals surface area contributed by atoms with Crippen molar-refractivity contribution in [3.8, 4) is 0 Å². The second-order valence-electron chi connectivity index (χ2n) is 19.6. The number of benzene rings is 1. The van der Waals surface area contributed by atoms with E-state index in [0.717, 1.165) is 89.0 Å². The molecule has 0 bridgehead atoms. The number of amides is 3. The van der Waals surface area contributed by atoms with E-state index in [1.54, 1.807) is 0 Å². The van der Waals surface area contributed by atoms with E-state index < -0.39 is 42.4 Å². The molecule has 0 heterocycles. The first-order valence-electron chi connectivity index (χ1n) is 29.1. The highest BCUT2D eigenvalue weighted by Crippen LogP contribution is 2.26. The van der Waals surface area contributed by atoms with Gasteiger partial charge in [0.15, 0.2) is 0 Å². The van der Waals surface area contributed by atoms with Crippen molar-refractivity contribution in [2.45, 2.75) is 200 Å². The Morgan fingerprint density at radius 1 is 0.507 bits per heavy atom. The van der Waals surface area contributed by atoms with Gasteiger partial charge in [0.25, 0.3) is 0 Å². The molecule has 3 amide bonds. The number of allylic oxidation sites excluding steroid dienone is 22. The van der Waals surface area contributed by atoms with Gasteiger partial charge in [-0.3, -0.25) is 14.4 Å². The molecule has 6 N–H and O–H groups in total. The number of aliphatic hydroxyl groups is 2. The van der Waals surface area contributed by atoms with E-state index in [2.05, 4.69) is 177 Å². The zero-order valence-electron chi connectivity index (χ0n) is 47.1. The van der Waals surface area contributed by atoms with Crippen LogP contribution in [0, 0.1) is 11.8 Å². The second-order valence-corrected chi connectivity index (χ2v) is 19.6. The fraction of sp³-hybridized carbons (Fsp3) is 0.537. The summed E-state index contributed by atoms with van der Waals surface area (Å²) < 4.78 is 0. The van der Waals surface area contributed by atoms with E-state index in [9.17, 15) is 24.6 Å². The summed E-state index contributed by atoms with van der Waals surface area (Å²) in [5, 5.41) is 27.4. The molecule has 0 saturated heterocycles. The molecule has 0 fully saturated rings. The molecule has 0 aliphatic rings. The minimum atomic E-state index is -1.29. The first kappa shape index (κ1) is 67.7. The number of nitrogens with two attached hydrogens (primary N) is 1. The lowest BCUT2D eigenvalue weighted by atomic mass is 9.82. The monoisotopic (exact) mass is 1030 g/mol. The van der Waals surface area contributed by atoms with Gasteiger partial charge in [-0.05, 0) is 140 Å². The summed E-state index contributed by atoms with van der Waals surface area (Å²) in [6.07, 6.45) is 70.8. The molecule has 0 saturated carbocycles. The van der Waals surface area contributed by atoms with Crippen molar-refractivity contribution in [1.29, 1.82) is 0 Å². The molecule has 0 radical (unpaired) electrons. The maximum absolute atomic E-state index is 14.3. The van der Waals surface area contributed by atoms with E-state index in [-0.39, 0.29) is 12.3 Å². The molecule has 2 atom stereocenters. The van der Waals surface area contributed by atoms with Gasteiger partial charge < -0.3 is 26.6 Å². The molecule has 0 aliphatic heterocycles. The largest absolute Gasteiger partial charge is 0.394 e. The molecule has 1 unspecified atom stereocenters. The number of carbonyl (C=O) groups is 3. The molecule has 0 aromatic heterocycles. The fourth-order valence-corrected chi connectivity index (χ4v) is 8.38. The Bertz CT molecular complexity index is 1920. The summed E-state index contributed by atoms with van der Waals surface area (Å²) >= 11 is 0. The number of carbonyl (C=O) groups excluding carboxylic acids is 3. The number of aliphatic hydroxyl groups excluding tert-OH is 2. The highest BCUT2D eigenvalue weighted by molar-refractivity contribution is 5.87. The maximum atomic E-state index is 14.3. The van der Waals surface area contributed by atoms with Crippen LogP contribution in [0.4, 0.5) is 0 Å². The maximum Gasteiger partial charge on any atom is 0.224 e. The molecule has 75 heavy (non-hydrogen) atoms. The van der Waals surface area contributed by atoms with Crippen molar-refractivity contribution in [2.24, 2.45) is 17.6 Å². The third-order valence-electron chi connectivity index (χ3n) is 13.1. The van der Waals surface area contributed by atoms with Crippen LogP contribution in [-0.4, -0.2) is 53.2 Å². The van der Waals surface area contributed by atoms with Gasteiger partial charge in [-0.2, -0.15) is 0 Å². The number of primary amides is 1. The number of hydrogen-bond acceptors (Lipinski definition) is 5. The Balaban J connectivity index is 2.81. The third kappa shape index (κ3) is 38.8. The van der Waals surface area contributed by atoms with Crippen LogP contribution < -0.4 is 16.4 Å². The Labute approximate surface area is 457 Å². The SMILES string of the molecule is CCC=CCC=CCC=CCC=CCC=CCC=CCC(C(N)=O)[C@H](CCCCNC(=O)CCC/C=C\C/C=C\C/C=C\C/C=C\C/C=C\CC)C(=O)NC(CO)(CO)CCc1ccc(CCCCCCCC)cc1. The number of hydrogen-bond donors (Lipinski definition) is 5. The van der Waals surface area contributed by atoms with Gasteiger partial charge in [0.2, 0.25) is 17.7 Å². The van der Waals surface area contributed by atoms with Gasteiger partial charge in [-0.15, -0.1) is 0 Å². The van der Waals surface area contributed by atoms with Crippen LogP contribution in [0.1, 0.15) is 192 Å². The lowest BCUT2D eigenvalue weighted by molar-refractivity contribution is -0.136. The van der Waals surface area contributed by atoms with Crippen LogP contribution in [-0.2, 0) is 27.2 Å². The standard InChI is InChI=1S/C67H103N3O5/c1-4-7-10-13-16-18-20-22-24-26-28-29-31-33-35-37-40-43-48-62(65(68)74)63(66(75)70-67(58-71,59-72)56-55-61-53-51-60(52-54-61)47-42-39-15-12-9-6-3)49-45-46-57-69-64(73)50-44-41-38-36-34-32-30-27-25-23-21-19-17-14-11-8-5-2/h7-8,10-11,16-19,22-25,28-30,32-33,35-36,38,40,43,51-54,62-63,71-72H,4-6,9,12-15,20-21,26-27,31,34,37,39,41-42,44-50,55-59H2,1-3H3,(H2,68,74)(H,69,73)(H,70,75)/b10-7?,11-8-,18-16?,19-17-,24-22?,25-23-,29-28?,32-30-,35-33?,38-36-,43-40?/t62?,63-/m0/s1. The average molecular weight is 1030 g/mol. The quantitative estimate of drug-likeness (QED) is 0.0327. The molecule has 0 aliphatic carbocycles. The molecule has 1 aromatic rings. The predicted octanol–water partition coefficient (Wildman–Crippen LogP) is 15.4. The number of aryl methyl sites for hydroxylation is 2. The van der Waals surface area contributed by atoms with Crippen LogP contribution in [0.2, 0.25) is 0 Å². The topological polar surface area (TPSA) is 142 Å². The van der Waals surface area contributed by atoms with Gasteiger partial charge in [-0.1, -0.05) is 217 Å². The molecule has 1 rings (SSSR count). The van der Waals surface area contributed by atoms with Crippen molar-refractivity contribution in [3.05, 3.63) is 169 Å². The van der Waals surface area contributed by atoms with Crippen LogP contribution in [0.25, 0.3) is 0 Å². The first-order chi connectivity index (χ1) is 36.7. The molecular formula is C67H103N3O5. The minimum Gasteiger partial charge on any atom is -0.394 e. The lowest BCUT2D eigenvalue weighted by Crippen LogP contribution is -2.57. The Hall–Kier alpha value is -5.31. The summed E-state index contributed by atoms with van der Waals surface area (Å²) in [6, 6.07) is 8.49. The van der Waals surface area contributed by atoms with Gasteiger partial charge in [0, 0.05) is 18.9 Å². The fourth-order valence-electron chi connectivity index (χ4n) is 8.38. The summed E-state index contributed by atoms with van der Waals surface area (Å²) in [7, 11) is 0. The normalized spacial score (nSPS) is 13.7. The summed E-state index contributed by atoms with van der Waals surface area (Å²) in [5.74, 6) is -2.59. The Morgan fingerprint density at radius 2 is 0.933 bits per heavy atom. The minimum absolute atomic E-state index is 0.00701. The molecule has 8 nitrogen and oxygen atoms in total. The van der Waals surface area contributed by atoms with Crippen LogP contribution in [0.3, 0.4) is 0 Å². The average Bonchev–Trinajstić information content (AvgIpc) is 3.41. The predicted molar refractivity (Wildman–Crippen MR) is 321 cm³/mol. The Morgan fingerprint density at radius 3 is 1.39 bits per heavy atom. The van der Waals surface area contributed by atoms with E-state index in [0.29, 0.717) is 51.5 Å². The van der Waals surface area contributed by atoms with Crippen LogP contribution in [0.5, 0.6) is 0 Å². The van der Waals surface area contributed by atoms with Crippen LogP contribution >= 0.6 is 0 Å². The second kappa shape index (κ2) is 49.6. The lowest BCUT2D eigenvalue weighted by Gasteiger charge is -2.34. The van der Waals surface area contributed by atoms with Crippen molar-refractivity contribution in [2.75, 3.05) is 19.8 Å². The zero-order chi connectivity index (χ0) is 54.6. The smallest absolute Gasteiger partial charge is 0.224 e. The first-order valence-corrected chi connectivity index (χ1v) is 29.1. The van der Waals surface area contributed by atoms with Crippen molar-refractivity contribution < 1.29 is 24.6 Å². The highest BCUT2D eigenvalue weighted by Gasteiger charge is 2.37. The van der Waals surface area contributed by atoms with E-state index in [4.69, 9.17) is 5.73 Å². The summed E-state index contributed by atoms with van der Waals surface area (Å²) in [6.45, 7) is 6.06. The number of unbranched alkanes of at least 4 members (excludes halogenated alkanes) is 7. The van der Waals surface area contributed by atoms with E-state index >= 15 is 0 Å². The van der Waals surface area contributed by atoms with Crippen molar-refractivity contribution in [1.82, 2.24) is 10.6 Å². The van der Waals surface area contributed by atoms with Gasteiger partial charge in [-0.25, -0.2) is 0 Å². The summed E-state index contributed by atoms with van der Waals surface area (Å²) in [4.78, 5) is 40.1. The third-order valence-corrected chi connectivity index (χ3v) is 13.1. The number of nitrogens with one attached hydrogen (secondary N) is 2. The number of rotatable bonds is 47. The highest BCUT2D eigenvalue weighted by atomic mass is 16.3. The molecule has 1 aromatic carbocycles. The molecule has 8 heteroatoms. The Kier molecular flexibility index (Phi) is 44.7. The van der Waals surface area contributed by atoms with Crippen molar-refractivity contribution in [3.63, 3.8) is 0 Å². The van der Waals surface area contributed by atoms with Crippen LogP contribution in [0.15, 0.2) is 158 Å².